The van der Waals surface area contributed by atoms with Crippen LogP contribution < -0.4 is 15.4 Å². The van der Waals surface area contributed by atoms with Crippen molar-refractivity contribution in [1.29, 1.82) is 0 Å². The van der Waals surface area contributed by atoms with E-state index in [1.807, 2.05) is 31.3 Å². The number of nitrogens with one attached hydrogen (secondary N) is 2. The number of benzene rings is 1. The van der Waals surface area contributed by atoms with Gasteiger partial charge in [-0.05, 0) is 90.1 Å². The molecule has 0 radical (unpaired) electrons. The molecule has 2 heterocycles. The number of ether oxygens (including phenoxy) is 2. The summed E-state index contributed by atoms with van der Waals surface area (Å²) in [6, 6.07) is 5.95. The Morgan fingerprint density at radius 3 is 2.46 bits per heavy atom. The zero-order chi connectivity index (χ0) is 29.6. The molecule has 9 nitrogen and oxygen atoms in total. The van der Waals surface area contributed by atoms with Crippen LogP contribution in [0.15, 0.2) is 35.9 Å². The van der Waals surface area contributed by atoms with Crippen molar-refractivity contribution in [3.8, 4) is 5.75 Å². The highest BCUT2D eigenvalue weighted by Crippen LogP contribution is 2.31. The second-order valence-corrected chi connectivity index (χ2v) is 12.2. The second-order valence-electron chi connectivity index (χ2n) is 12.2. The van der Waals surface area contributed by atoms with Crippen LogP contribution in [-0.4, -0.2) is 79.8 Å². The lowest BCUT2D eigenvalue weighted by Gasteiger charge is -2.29. The largest absolute Gasteiger partial charge is 0.497 e. The molecule has 4 rings (SSSR count). The number of allylic oxidation sites excluding steroid dienone is 1. The number of Topliss-reactive ketones (excluding diaryl/α,β-unsaturated/α-hetero) is 2. The number of piperidine rings is 1. The van der Waals surface area contributed by atoms with Crippen LogP contribution in [0.4, 0.5) is 0 Å². The van der Waals surface area contributed by atoms with Gasteiger partial charge in [0.05, 0.1) is 31.7 Å². The molecule has 224 valence electrons. The molecule has 2 saturated heterocycles. The maximum Gasteiger partial charge on any atom is 0.224 e. The Bertz CT molecular complexity index is 1140. The summed E-state index contributed by atoms with van der Waals surface area (Å²) >= 11 is 0. The number of hydrogen-bond acceptors (Lipinski definition) is 7. The summed E-state index contributed by atoms with van der Waals surface area (Å²) in [5.74, 6) is -0.976. The van der Waals surface area contributed by atoms with E-state index in [1.165, 1.54) is 5.57 Å². The molecule has 0 saturated carbocycles. The number of hydrogen-bond donors (Lipinski definition) is 2. The van der Waals surface area contributed by atoms with Gasteiger partial charge in [-0.3, -0.25) is 19.2 Å². The van der Waals surface area contributed by atoms with Crippen molar-refractivity contribution < 1.29 is 28.7 Å². The van der Waals surface area contributed by atoms with Crippen molar-refractivity contribution in [2.45, 2.75) is 82.9 Å². The molecule has 0 aromatic heterocycles. The average molecular weight is 568 g/mol. The summed E-state index contributed by atoms with van der Waals surface area (Å²) in [5, 5.41) is 5.88. The van der Waals surface area contributed by atoms with E-state index >= 15 is 0 Å². The normalized spacial score (nSPS) is 24.5. The van der Waals surface area contributed by atoms with E-state index in [4.69, 9.17) is 9.47 Å². The Balaban J connectivity index is 1.46. The first-order chi connectivity index (χ1) is 19.6. The first kappa shape index (κ1) is 30.9. The van der Waals surface area contributed by atoms with Gasteiger partial charge in [0.2, 0.25) is 11.8 Å². The van der Waals surface area contributed by atoms with Crippen molar-refractivity contribution in [2.75, 3.05) is 33.9 Å². The number of methoxy groups -OCH3 is 1. The van der Waals surface area contributed by atoms with E-state index in [2.05, 4.69) is 21.6 Å². The average Bonchev–Trinajstić information content (AvgIpc) is 3.50. The number of ketones is 2. The van der Waals surface area contributed by atoms with Gasteiger partial charge in [-0.2, -0.15) is 0 Å². The Hall–Kier alpha value is -3.04. The lowest BCUT2D eigenvalue weighted by molar-refractivity contribution is -0.135. The van der Waals surface area contributed by atoms with Crippen LogP contribution in [0.5, 0.6) is 5.75 Å². The standard InChI is InChI=1S/C32H45N3O6/c1-21(33-30(38)24-10-7-15-35(3)19-24)28(36)18-25(16-23-11-13-26(40-4)14-12-23)31(39)34-27(17-22-8-5-6-9-22)29(37)32(2)20-41-32/h8,11-14,21,24-25,27H,5-7,9-10,15-20H2,1-4H3,(H,33,38)(H,34,39). The van der Waals surface area contributed by atoms with Crippen LogP contribution >= 0.6 is 0 Å². The van der Waals surface area contributed by atoms with Gasteiger partial charge in [0.1, 0.15) is 11.4 Å². The Labute approximate surface area is 243 Å². The van der Waals surface area contributed by atoms with Crippen molar-refractivity contribution >= 4 is 23.4 Å². The maximum atomic E-state index is 13.8. The topological polar surface area (TPSA) is 117 Å². The van der Waals surface area contributed by atoms with Crippen LogP contribution in [0.25, 0.3) is 0 Å². The molecule has 3 aliphatic rings. The van der Waals surface area contributed by atoms with E-state index in [0.29, 0.717) is 31.7 Å². The minimum absolute atomic E-state index is 0.0543. The van der Waals surface area contributed by atoms with Gasteiger partial charge in [0, 0.05) is 18.9 Å². The number of rotatable bonds is 14. The van der Waals surface area contributed by atoms with E-state index in [0.717, 1.165) is 44.2 Å². The van der Waals surface area contributed by atoms with Crippen molar-refractivity contribution in [2.24, 2.45) is 11.8 Å². The molecule has 9 heteroatoms. The summed E-state index contributed by atoms with van der Waals surface area (Å²) in [7, 11) is 3.58. The highest BCUT2D eigenvalue weighted by atomic mass is 16.6. The fourth-order valence-corrected chi connectivity index (χ4v) is 5.82. The number of amides is 2. The van der Waals surface area contributed by atoms with E-state index < -0.39 is 23.6 Å². The molecule has 41 heavy (non-hydrogen) atoms. The van der Waals surface area contributed by atoms with Crippen LogP contribution in [0.2, 0.25) is 0 Å². The molecule has 5 atom stereocenters. The van der Waals surface area contributed by atoms with E-state index in [-0.39, 0.29) is 35.7 Å². The second kappa shape index (κ2) is 13.7. The third-order valence-corrected chi connectivity index (χ3v) is 8.63. The lowest BCUT2D eigenvalue weighted by Crippen LogP contribution is -2.50. The molecule has 0 spiro atoms. The number of nitrogens with zero attached hydrogens (tertiary/aromatic N) is 1. The van der Waals surface area contributed by atoms with Crippen molar-refractivity contribution in [1.82, 2.24) is 15.5 Å². The molecule has 2 amide bonds. The fourth-order valence-electron chi connectivity index (χ4n) is 5.82. The molecular formula is C32H45N3O6. The summed E-state index contributed by atoms with van der Waals surface area (Å²) in [4.78, 5) is 55.5. The molecule has 1 aromatic rings. The molecule has 0 bridgehead atoms. The van der Waals surface area contributed by atoms with Gasteiger partial charge >= 0.3 is 0 Å². The Morgan fingerprint density at radius 1 is 1.12 bits per heavy atom. The monoisotopic (exact) mass is 567 g/mol. The highest BCUT2D eigenvalue weighted by molar-refractivity contribution is 5.98. The van der Waals surface area contributed by atoms with Gasteiger partial charge in [0.15, 0.2) is 11.6 Å². The molecule has 1 aromatic carbocycles. The summed E-state index contributed by atoms with van der Waals surface area (Å²) in [5.41, 5.74) is 1.17. The number of likely N-dealkylation sites (tertiary alicyclic amines) is 1. The Kier molecular flexibility index (Phi) is 10.4. The molecule has 5 unspecified atom stereocenters. The number of carbonyl (C=O) groups excluding carboxylic acids is 4. The van der Waals surface area contributed by atoms with Crippen molar-refractivity contribution in [3.05, 3.63) is 41.5 Å². The predicted octanol–water partition coefficient (Wildman–Crippen LogP) is 3.00. The van der Waals surface area contributed by atoms with Gasteiger partial charge < -0.3 is 25.0 Å². The predicted molar refractivity (Wildman–Crippen MR) is 155 cm³/mol. The highest BCUT2D eigenvalue weighted by Gasteiger charge is 2.50. The summed E-state index contributed by atoms with van der Waals surface area (Å²) in [6.07, 6.45) is 7.55. The van der Waals surface area contributed by atoms with E-state index in [9.17, 15) is 19.2 Å². The van der Waals surface area contributed by atoms with Gasteiger partial charge in [-0.25, -0.2) is 0 Å². The first-order valence-electron chi connectivity index (χ1n) is 14.9. The smallest absolute Gasteiger partial charge is 0.224 e. The zero-order valence-corrected chi connectivity index (χ0v) is 24.9. The number of epoxide rings is 1. The quantitative estimate of drug-likeness (QED) is 0.262. The van der Waals surface area contributed by atoms with Crippen LogP contribution in [-0.2, 0) is 30.3 Å². The lowest BCUT2D eigenvalue weighted by atomic mass is 9.89. The zero-order valence-electron chi connectivity index (χ0n) is 24.9. The van der Waals surface area contributed by atoms with Gasteiger partial charge in [-0.1, -0.05) is 23.8 Å². The fraction of sp³-hybridized carbons (Fsp3) is 0.625. The van der Waals surface area contributed by atoms with Gasteiger partial charge in [-0.15, -0.1) is 0 Å². The van der Waals surface area contributed by atoms with Crippen molar-refractivity contribution in [3.63, 3.8) is 0 Å². The molecule has 2 fully saturated rings. The maximum absolute atomic E-state index is 13.8. The molecule has 1 aliphatic carbocycles. The SMILES string of the molecule is COc1ccc(CC(CC(=O)C(C)NC(=O)C2CCCN(C)C2)C(=O)NC(CC2=CCCC2)C(=O)C2(C)CO2)cc1. The molecular weight excluding hydrogens is 522 g/mol. The molecule has 2 N–H and O–H groups in total. The van der Waals surface area contributed by atoms with E-state index in [1.54, 1.807) is 21.0 Å². The number of carbonyl (C=O) groups is 4. The third-order valence-electron chi connectivity index (χ3n) is 8.63. The van der Waals surface area contributed by atoms with Crippen LogP contribution in [0, 0.1) is 11.8 Å². The minimum atomic E-state index is -0.871. The third kappa shape index (κ3) is 8.49. The Morgan fingerprint density at radius 2 is 1.85 bits per heavy atom. The summed E-state index contributed by atoms with van der Waals surface area (Å²) < 4.78 is 10.7. The molecule has 2 aliphatic heterocycles. The first-order valence-corrected chi connectivity index (χ1v) is 14.9. The van der Waals surface area contributed by atoms with Crippen LogP contribution in [0.1, 0.15) is 64.4 Å². The van der Waals surface area contributed by atoms with Gasteiger partial charge in [0.25, 0.3) is 0 Å². The van der Waals surface area contributed by atoms with Crippen LogP contribution in [0.3, 0.4) is 0 Å². The minimum Gasteiger partial charge on any atom is -0.497 e. The summed E-state index contributed by atoms with van der Waals surface area (Å²) in [6.45, 7) is 5.42.